The van der Waals surface area contributed by atoms with Crippen molar-refractivity contribution < 1.29 is 9.53 Å². The number of nitrogens with zero attached hydrogens (tertiary/aromatic N) is 1. The van der Waals surface area contributed by atoms with E-state index >= 15 is 0 Å². The SMILES string of the molecule is COc1ccc2c(c1)CCN(C(C)=O)CC2. The number of hydrogen-bond acceptors (Lipinski definition) is 2. The third-order valence-electron chi connectivity index (χ3n) is 3.16. The maximum absolute atomic E-state index is 11.3. The highest BCUT2D eigenvalue weighted by atomic mass is 16.5. The van der Waals surface area contributed by atoms with Crippen LogP contribution in [0.3, 0.4) is 0 Å². The van der Waals surface area contributed by atoms with Crippen LogP contribution in [0.15, 0.2) is 18.2 Å². The van der Waals surface area contributed by atoms with Crippen molar-refractivity contribution in [1.29, 1.82) is 0 Å². The monoisotopic (exact) mass is 219 g/mol. The lowest BCUT2D eigenvalue weighted by atomic mass is 10.0. The largest absolute Gasteiger partial charge is 0.497 e. The van der Waals surface area contributed by atoms with E-state index < -0.39 is 0 Å². The van der Waals surface area contributed by atoms with Gasteiger partial charge in [0.05, 0.1) is 7.11 Å². The van der Waals surface area contributed by atoms with Crippen molar-refractivity contribution in [3.63, 3.8) is 0 Å². The first kappa shape index (κ1) is 11.0. The highest BCUT2D eigenvalue weighted by Crippen LogP contribution is 2.21. The molecular formula is C13H17NO2. The molecule has 1 amide bonds. The van der Waals surface area contributed by atoms with Crippen molar-refractivity contribution in [2.24, 2.45) is 0 Å². The molecule has 0 fully saturated rings. The van der Waals surface area contributed by atoms with Gasteiger partial charge in [0, 0.05) is 20.0 Å². The quantitative estimate of drug-likeness (QED) is 0.718. The number of hydrogen-bond donors (Lipinski definition) is 0. The van der Waals surface area contributed by atoms with Crippen LogP contribution in [0, 0.1) is 0 Å². The van der Waals surface area contributed by atoms with Gasteiger partial charge in [0.15, 0.2) is 0 Å². The Labute approximate surface area is 96.0 Å². The lowest BCUT2D eigenvalue weighted by molar-refractivity contribution is -0.128. The van der Waals surface area contributed by atoms with Gasteiger partial charge in [-0.25, -0.2) is 0 Å². The van der Waals surface area contributed by atoms with Crippen LogP contribution in [0.5, 0.6) is 5.75 Å². The molecule has 0 aromatic heterocycles. The molecule has 86 valence electrons. The number of benzene rings is 1. The second-order valence-electron chi connectivity index (χ2n) is 4.14. The van der Waals surface area contributed by atoms with E-state index in [0.29, 0.717) is 0 Å². The smallest absolute Gasteiger partial charge is 0.219 e. The lowest BCUT2D eigenvalue weighted by Gasteiger charge is -2.17. The first-order valence-electron chi connectivity index (χ1n) is 5.62. The molecule has 0 saturated heterocycles. The molecule has 0 radical (unpaired) electrons. The zero-order chi connectivity index (χ0) is 11.5. The van der Waals surface area contributed by atoms with Gasteiger partial charge in [-0.15, -0.1) is 0 Å². The summed E-state index contributed by atoms with van der Waals surface area (Å²) in [6, 6.07) is 6.18. The van der Waals surface area contributed by atoms with Crippen LogP contribution < -0.4 is 4.74 Å². The van der Waals surface area contributed by atoms with Crippen LogP contribution in [0.25, 0.3) is 0 Å². The van der Waals surface area contributed by atoms with Gasteiger partial charge < -0.3 is 9.64 Å². The molecule has 1 aliphatic heterocycles. The summed E-state index contributed by atoms with van der Waals surface area (Å²) in [5, 5.41) is 0. The second-order valence-corrected chi connectivity index (χ2v) is 4.14. The van der Waals surface area contributed by atoms with Crippen LogP contribution in [-0.4, -0.2) is 31.0 Å². The number of methoxy groups -OCH3 is 1. The Balaban J connectivity index is 2.20. The summed E-state index contributed by atoms with van der Waals surface area (Å²) in [5.41, 5.74) is 2.65. The van der Waals surface area contributed by atoms with Gasteiger partial charge in [-0.2, -0.15) is 0 Å². The van der Waals surface area contributed by atoms with E-state index in [1.807, 2.05) is 11.0 Å². The maximum Gasteiger partial charge on any atom is 0.219 e. The van der Waals surface area contributed by atoms with Crippen molar-refractivity contribution in [1.82, 2.24) is 4.90 Å². The molecule has 1 heterocycles. The van der Waals surface area contributed by atoms with E-state index in [2.05, 4.69) is 12.1 Å². The van der Waals surface area contributed by atoms with Gasteiger partial charge in [-0.3, -0.25) is 4.79 Å². The molecule has 2 rings (SSSR count). The van der Waals surface area contributed by atoms with Crippen LogP contribution in [0.4, 0.5) is 0 Å². The minimum absolute atomic E-state index is 0.166. The molecule has 16 heavy (non-hydrogen) atoms. The average Bonchev–Trinajstić information content (AvgIpc) is 2.50. The first-order valence-corrected chi connectivity index (χ1v) is 5.62. The van der Waals surface area contributed by atoms with Crippen molar-refractivity contribution in [2.75, 3.05) is 20.2 Å². The van der Waals surface area contributed by atoms with E-state index in [9.17, 15) is 4.79 Å². The molecule has 0 saturated carbocycles. The molecule has 0 bridgehead atoms. The fourth-order valence-electron chi connectivity index (χ4n) is 2.14. The van der Waals surface area contributed by atoms with Gasteiger partial charge in [0.1, 0.15) is 5.75 Å². The molecule has 3 heteroatoms. The summed E-state index contributed by atoms with van der Waals surface area (Å²) in [6.07, 6.45) is 1.87. The van der Waals surface area contributed by atoms with Crippen molar-refractivity contribution >= 4 is 5.91 Å². The Morgan fingerprint density at radius 1 is 1.25 bits per heavy atom. The van der Waals surface area contributed by atoms with Gasteiger partial charge in [-0.05, 0) is 36.1 Å². The van der Waals surface area contributed by atoms with E-state index in [1.54, 1.807) is 14.0 Å². The van der Waals surface area contributed by atoms with Crippen molar-refractivity contribution in [2.45, 2.75) is 19.8 Å². The average molecular weight is 219 g/mol. The van der Waals surface area contributed by atoms with Gasteiger partial charge in [0.2, 0.25) is 5.91 Å². The summed E-state index contributed by atoms with van der Waals surface area (Å²) in [4.78, 5) is 13.2. The molecular weight excluding hydrogens is 202 g/mol. The van der Waals surface area contributed by atoms with Gasteiger partial charge >= 0.3 is 0 Å². The van der Waals surface area contributed by atoms with Crippen LogP contribution >= 0.6 is 0 Å². The molecule has 0 spiro atoms. The van der Waals surface area contributed by atoms with Gasteiger partial charge in [0.25, 0.3) is 0 Å². The number of rotatable bonds is 1. The Kier molecular flexibility index (Phi) is 3.13. The third kappa shape index (κ3) is 2.18. The van der Waals surface area contributed by atoms with E-state index in [4.69, 9.17) is 4.74 Å². The lowest BCUT2D eigenvalue weighted by Crippen LogP contribution is -2.30. The Hall–Kier alpha value is -1.51. The predicted octanol–water partition coefficient (Wildman–Crippen LogP) is 1.64. The van der Waals surface area contributed by atoms with E-state index in [1.165, 1.54) is 11.1 Å². The Morgan fingerprint density at radius 3 is 2.56 bits per heavy atom. The minimum atomic E-state index is 0.166. The Morgan fingerprint density at radius 2 is 1.94 bits per heavy atom. The molecule has 0 aliphatic carbocycles. The van der Waals surface area contributed by atoms with Crippen molar-refractivity contribution in [3.8, 4) is 5.75 Å². The summed E-state index contributed by atoms with van der Waals surface area (Å²) in [5.74, 6) is 1.06. The number of amides is 1. The summed E-state index contributed by atoms with van der Waals surface area (Å²) >= 11 is 0. The number of fused-ring (bicyclic) bond motifs is 1. The number of carbonyl (C=O) groups is 1. The highest BCUT2D eigenvalue weighted by molar-refractivity contribution is 5.73. The minimum Gasteiger partial charge on any atom is -0.497 e. The third-order valence-corrected chi connectivity index (χ3v) is 3.16. The number of carbonyl (C=O) groups excluding carboxylic acids is 1. The highest BCUT2D eigenvalue weighted by Gasteiger charge is 2.15. The Bertz CT molecular complexity index is 401. The standard InChI is InChI=1S/C13H17NO2/c1-10(15)14-7-5-11-3-4-13(16-2)9-12(11)6-8-14/h3-4,9H,5-8H2,1-2H3. The van der Waals surface area contributed by atoms with E-state index in [0.717, 1.165) is 31.7 Å². The topological polar surface area (TPSA) is 29.5 Å². The van der Waals surface area contributed by atoms with Crippen molar-refractivity contribution in [3.05, 3.63) is 29.3 Å². The van der Waals surface area contributed by atoms with Crippen LogP contribution in [0.2, 0.25) is 0 Å². The van der Waals surface area contributed by atoms with Gasteiger partial charge in [-0.1, -0.05) is 6.07 Å². The molecule has 3 nitrogen and oxygen atoms in total. The normalized spacial score (nSPS) is 15.2. The van der Waals surface area contributed by atoms with Crippen LogP contribution in [0.1, 0.15) is 18.1 Å². The fourth-order valence-corrected chi connectivity index (χ4v) is 2.14. The fraction of sp³-hybridized carbons (Fsp3) is 0.462. The van der Waals surface area contributed by atoms with E-state index in [-0.39, 0.29) is 5.91 Å². The summed E-state index contributed by atoms with van der Waals surface area (Å²) < 4.78 is 5.21. The predicted molar refractivity (Wildman–Crippen MR) is 62.7 cm³/mol. The first-order chi connectivity index (χ1) is 7.70. The molecule has 1 aromatic rings. The number of ether oxygens (including phenoxy) is 1. The second kappa shape index (κ2) is 4.56. The molecule has 1 aliphatic rings. The summed E-state index contributed by atoms with van der Waals surface area (Å²) in [7, 11) is 1.68. The summed E-state index contributed by atoms with van der Waals surface area (Å²) in [6.45, 7) is 3.28. The molecule has 1 aromatic carbocycles. The van der Waals surface area contributed by atoms with Crippen LogP contribution in [-0.2, 0) is 17.6 Å². The zero-order valence-corrected chi connectivity index (χ0v) is 9.82. The zero-order valence-electron chi connectivity index (χ0n) is 9.82. The molecule has 0 unspecified atom stereocenters. The maximum atomic E-state index is 11.3. The molecule has 0 atom stereocenters. The molecule has 0 N–H and O–H groups in total.